The molecule has 76 valence electrons. The zero-order valence-corrected chi connectivity index (χ0v) is 8.19. The van der Waals surface area contributed by atoms with E-state index in [1.54, 1.807) is 18.2 Å². The van der Waals surface area contributed by atoms with Gasteiger partial charge in [-0.2, -0.15) is 0 Å². The standard InChI is InChI=1S/C11H14O3/c1-3-10(8-11(13)14)7-5-4-6-9(2)12/h3-5,7H,1,6,8H2,2H3,(H,13,14)/b5-4+,10-7+. The van der Waals surface area contributed by atoms with Gasteiger partial charge in [-0.05, 0) is 12.5 Å². The van der Waals surface area contributed by atoms with Gasteiger partial charge < -0.3 is 5.11 Å². The Balaban J connectivity index is 4.17. The topological polar surface area (TPSA) is 54.4 Å². The van der Waals surface area contributed by atoms with Crippen molar-refractivity contribution in [2.45, 2.75) is 19.8 Å². The maximum absolute atomic E-state index is 10.5. The van der Waals surface area contributed by atoms with Gasteiger partial charge in [0.1, 0.15) is 5.78 Å². The Bertz CT molecular complexity index is 285. The van der Waals surface area contributed by atoms with Crippen molar-refractivity contribution in [1.82, 2.24) is 0 Å². The number of aliphatic carboxylic acids is 1. The van der Waals surface area contributed by atoms with Crippen LogP contribution >= 0.6 is 0 Å². The lowest BCUT2D eigenvalue weighted by atomic mass is 10.1. The maximum Gasteiger partial charge on any atom is 0.307 e. The molecule has 3 nitrogen and oxygen atoms in total. The van der Waals surface area contributed by atoms with Crippen LogP contribution in [0.5, 0.6) is 0 Å². The van der Waals surface area contributed by atoms with Gasteiger partial charge in [-0.3, -0.25) is 9.59 Å². The molecule has 0 aliphatic heterocycles. The van der Waals surface area contributed by atoms with Crippen LogP contribution in [0.3, 0.4) is 0 Å². The summed E-state index contributed by atoms with van der Waals surface area (Å²) in [6.07, 6.45) is 6.81. The zero-order valence-electron chi connectivity index (χ0n) is 8.19. The molecule has 0 aromatic rings. The lowest BCUT2D eigenvalue weighted by Gasteiger charge is -1.93. The SMILES string of the molecule is C=C/C(=C\C=C\CC(C)=O)CC(=O)O. The molecule has 0 saturated carbocycles. The molecule has 14 heavy (non-hydrogen) atoms. The highest BCUT2D eigenvalue weighted by Crippen LogP contribution is 2.02. The van der Waals surface area contributed by atoms with Gasteiger partial charge in [-0.1, -0.05) is 30.9 Å². The van der Waals surface area contributed by atoms with Gasteiger partial charge in [0, 0.05) is 6.42 Å². The number of carbonyl (C=O) groups excluding carboxylic acids is 1. The summed E-state index contributed by atoms with van der Waals surface area (Å²) in [5, 5.41) is 8.49. The van der Waals surface area contributed by atoms with Crippen LogP contribution in [0.15, 0.2) is 36.5 Å². The number of Topliss-reactive ketones (excluding diaryl/α,β-unsaturated/α-hetero) is 1. The third-order valence-corrected chi connectivity index (χ3v) is 1.47. The number of hydrogen-bond acceptors (Lipinski definition) is 2. The molecule has 1 N–H and O–H groups in total. The van der Waals surface area contributed by atoms with E-state index >= 15 is 0 Å². The largest absolute Gasteiger partial charge is 0.481 e. The minimum absolute atomic E-state index is 0.0477. The fraction of sp³-hybridized carbons (Fsp3) is 0.273. The second kappa shape index (κ2) is 6.83. The number of hydrogen-bond donors (Lipinski definition) is 1. The Hall–Kier alpha value is -1.64. The van der Waals surface area contributed by atoms with E-state index < -0.39 is 5.97 Å². The Morgan fingerprint density at radius 3 is 2.50 bits per heavy atom. The minimum atomic E-state index is -0.892. The highest BCUT2D eigenvalue weighted by Gasteiger charge is 1.97. The highest BCUT2D eigenvalue weighted by molar-refractivity contribution is 5.77. The number of ketones is 1. The van der Waals surface area contributed by atoms with E-state index in [9.17, 15) is 9.59 Å². The number of rotatable bonds is 6. The van der Waals surface area contributed by atoms with Crippen molar-refractivity contribution in [2.75, 3.05) is 0 Å². The number of carboxylic acids is 1. The van der Waals surface area contributed by atoms with Crippen molar-refractivity contribution in [3.05, 3.63) is 36.5 Å². The summed E-state index contributed by atoms with van der Waals surface area (Å²) in [5.74, 6) is -0.816. The Morgan fingerprint density at radius 2 is 2.07 bits per heavy atom. The molecule has 0 radical (unpaired) electrons. The van der Waals surface area contributed by atoms with E-state index in [1.165, 1.54) is 13.0 Å². The molecule has 0 heterocycles. The fourth-order valence-electron chi connectivity index (χ4n) is 0.799. The molecule has 0 spiro atoms. The van der Waals surface area contributed by atoms with Crippen molar-refractivity contribution in [1.29, 1.82) is 0 Å². The second-order valence-electron chi connectivity index (χ2n) is 2.85. The Kier molecular flexibility index (Phi) is 6.03. The van der Waals surface area contributed by atoms with Gasteiger partial charge in [-0.15, -0.1) is 0 Å². The van der Waals surface area contributed by atoms with E-state index in [2.05, 4.69) is 6.58 Å². The molecule has 3 heteroatoms. The molecule has 0 aromatic carbocycles. The lowest BCUT2D eigenvalue weighted by molar-refractivity contribution is -0.136. The molecule has 0 aliphatic carbocycles. The average molecular weight is 194 g/mol. The van der Waals surface area contributed by atoms with E-state index in [4.69, 9.17) is 5.11 Å². The van der Waals surface area contributed by atoms with Gasteiger partial charge >= 0.3 is 5.97 Å². The quantitative estimate of drug-likeness (QED) is 0.659. The van der Waals surface area contributed by atoms with Crippen LogP contribution in [0.1, 0.15) is 19.8 Å². The first-order chi connectivity index (χ1) is 6.56. The number of allylic oxidation sites excluding steroid dienone is 4. The molecule has 0 saturated heterocycles. The van der Waals surface area contributed by atoms with E-state index in [-0.39, 0.29) is 12.2 Å². The summed E-state index contributed by atoms with van der Waals surface area (Å²) < 4.78 is 0. The molecule has 0 fully saturated rings. The summed E-state index contributed by atoms with van der Waals surface area (Å²) in [6.45, 7) is 5.00. The van der Waals surface area contributed by atoms with Gasteiger partial charge in [0.2, 0.25) is 0 Å². The van der Waals surface area contributed by atoms with Crippen LogP contribution in [0, 0.1) is 0 Å². The maximum atomic E-state index is 10.5. The first-order valence-corrected chi connectivity index (χ1v) is 4.25. The van der Waals surface area contributed by atoms with Crippen LogP contribution in [0.25, 0.3) is 0 Å². The Labute approximate surface area is 83.4 Å². The minimum Gasteiger partial charge on any atom is -0.481 e. The van der Waals surface area contributed by atoms with Gasteiger partial charge in [0.15, 0.2) is 0 Å². The normalized spacial score (nSPS) is 11.6. The smallest absolute Gasteiger partial charge is 0.307 e. The van der Waals surface area contributed by atoms with Crippen LogP contribution in [0.4, 0.5) is 0 Å². The molecular formula is C11H14O3. The highest BCUT2D eigenvalue weighted by atomic mass is 16.4. The van der Waals surface area contributed by atoms with Crippen molar-refractivity contribution in [3.8, 4) is 0 Å². The van der Waals surface area contributed by atoms with Crippen molar-refractivity contribution >= 4 is 11.8 Å². The first kappa shape index (κ1) is 12.4. The monoisotopic (exact) mass is 194 g/mol. The van der Waals surface area contributed by atoms with E-state index in [0.717, 1.165) is 0 Å². The third kappa shape index (κ3) is 7.03. The summed E-state index contributed by atoms with van der Waals surface area (Å²) in [5.41, 5.74) is 0.623. The van der Waals surface area contributed by atoms with E-state index in [1.807, 2.05) is 0 Å². The second-order valence-corrected chi connectivity index (χ2v) is 2.85. The van der Waals surface area contributed by atoms with Gasteiger partial charge in [0.25, 0.3) is 0 Å². The first-order valence-electron chi connectivity index (χ1n) is 4.25. The molecule has 0 aromatic heterocycles. The summed E-state index contributed by atoms with van der Waals surface area (Å²) in [7, 11) is 0. The molecule has 0 aliphatic rings. The zero-order chi connectivity index (χ0) is 11.0. The number of carboxylic acid groups (broad SMARTS) is 1. The van der Waals surface area contributed by atoms with Crippen LogP contribution < -0.4 is 0 Å². The predicted octanol–water partition coefficient (Wildman–Crippen LogP) is 2.11. The van der Waals surface area contributed by atoms with Crippen LogP contribution in [-0.4, -0.2) is 16.9 Å². The van der Waals surface area contributed by atoms with Gasteiger partial charge in [0.05, 0.1) is 6.42 Å². The van der Waals surface area contributed by atoms with Crippen molar-refractivity contribution in [2.24, 2.45) is 0 Å². The van der Waals surface area contributed by atoms with Crippen LogP contribution in [-0.2, 0) is 9.59 Å². The molecule has 0 amide bonds. The molecule has 0 atom stereocenters. The lowest BCUT2D eigenvalue weighted by Crippen LogP contribution is -1.94. The van der Waals surface area contributed by atoms with E-state index in [0.29, 0.717) is 12.0 Å². The Morgan fingerprint density at radius 1 is 1.43 bits per heavy atom. The summed E-state index contributed by atoms with van der Waals surface area (Å²) in [4.78, 5) is 20.9. The predicted molar refractivity (Wildman–Crippen MR) is 55.0 cm³/mol. The van der Waals surface area contributed by atoms with Crippen LogP contribution in [0.2, 0.25) is 0 Å². The summed E-state index contributed by atoms with van der Waals surface area (Å²) >= 11 is 0. The molecule has 0 unspecified atom stereocenters. The average Bonchev–Trinajstić information content (AvgIpc) is 2.09. The molecule has 0 bridgehead atoms. The molecule has 0 rings (SSSR count). The fourth-order valence-corrected chi connectivity index (χ4v) is 0.799. The number of carbonyl (C=O) groups is 2. The summed E-state index contributed by atoms with van der Waals surface area (Å²) in [6, 6.07) is 0. The molecular weight excluding hydrogens is 180 g/mol. The van der Waals surface area contributed by atoms with Crippen molar-refractivity contribution < 1.29 is 14.7 Å². The third-order valence-electron chi connectivity index (χ3n) is 1.47. The van der Waals surface area contributed by atoms with Gasteiger partial charge in [-0.25, -0.2) is 0 Å². The van der Waals surface area contributed by atoms with Crippen molar-refractivity contribution in [3.63, 3.8) is 0 Å².